The van der Waals surface area contributed by atoms with Crippen LogP contribution >= 0.6 is 0 Å². The Morgan fingerprint density at radius 1 is 1.07 bits per heavy atom. The number of hydrogen-bond acceptors (Lipinski definition) is 7. The van der Waals surface area contributed by atoms with E-state index in [-0.39, 0.29) is 12.1 Å². The van der Waals surface area contributed by atoms with E-state index in [0.717, 1.165) is 23.3 Å². The molecule has 1 aliphatic rings. The van der Waals surface area contributed by atoms with Gasteiger partial charge in [-0.1, -0.05) is 19.9 Å². The minimum absolute atomic E-state index is 0.0816. The van der Waals surface area contributed by atoms with Gasteiger partial charge < -0.3 is 25.6 Å². The summed E-state index contributed by atoms with van der Waals surface area (Å²) in [6, 6.07) is 12.0. The van der Waals surface area contributed by atoms with Crippen LogP contribution < -0.4 is 20.5 Å². The standard InChI is InChI=1S/C18H21F3N4O2.C11H14O2.C2H6/c1-11-4-5-12(8-24-11)14-6-13(16(2,3)22)7-15(25-14)17(27,9-23-10-26)18(19,20)21;1-8-3-6-10(11(7-8)12-2)13-9-4-5-9;1-2/h4-8,10,27H,9,22H2,1-3H3,(H,23,26);3,6-7,9H,4-5H2,1-2H3;1-2H3. The topological polar surface area (TPSA) is 120 Å². The van der Waals surface area contributed by atoms with Gasteiger partial charge in [0.05, 0.1) is 31.1 Å². The third-order valence-electron chi connectivity index (χ3n) is 6.25. The molecule has 8 nitrogen and oxygen atoms in total. The molecule has 42 heavy (non-hydrogen) atoms. The maximum atomic E-state index is 13.6. The zero-order valence-electron chi connectivity index (χ0n) is 25.2. The molecule has 1 atom stereocenters. The average molecular weight is 591 g/mol. The molecule has 0 saturated heterocycles. The first kappa shape index (κ1) is 34.5. The second-order valence-electron chi connectivity index (χ2n) is 10.4. The summed E-state index contributed by atoms with van der Waals surface area (Å²) in [6.07, 6.45) is -0.732. The van der Waals surface area contributed by atoms with Crippen molar-refractivity contribution in [2.75, 3.05) is 13.7 Å². The van der Waals surface area contributed by atoms with Crippen LogP contribution in [0.1, 0.15) is 63.1 Å². The van der Waals surface area contributed by atoms with E-state index < -0.39 is 29.6 Å². The van der Waals surface area contributed by atoms with Crippen molar-refractivity contribution in [2.24, 2.45) is 5.73 Å². The first-order valence-electron chi connectivity index (χ1n) is 13.7. The molecule has 0 radical (unpaired) electrons. The summed E-state index contributed by atoms with van der Waals surface area (Å²) in [5.74, 6) is 1.71. The molecule has 4 N–H and O–H groups in total. The third kappa shape index (κ3) is 9.15. The van der Waals surface area contributed by atoms with Crippen molar-refractivity contribution in [1.82, 2.24) is 15.3 Å². The fraction of sp³-hybridized carbons (Fsp3) is 0.452. The number of nitrogens with zero attached hydrogens (tertiary/aromatic N) is 2. The largest absolute Gasteiger partial charge is 0.493 e. The number of nitrogens with two attached hydrogens (primary N) is 1. The number of methoxy groups -OCH3 is 1. The lowest BCUT2D eigenvalue weighted by Crippen LogP contribution is -2.50. The lowest BCUT2D eigenvalue weighted by molar-refractivity contribution is -0.265. The zero-order chi connectivity index (χ0) is 31.7. The molecule has 0 spiro atoms. The molecule has 1 saturated carbocycles. The van der Waals surface area contributed by atoms with Crippen LogP contribution in [0, 0.1) is 13.8 Å². The molecule has 230 valence electrons. The van der Waals surface area contributed by atoms with Crippen molar-refractivity contribution in [2.45, 2.75) is 77.8 Å². The Morgan fingerprint density at radius 3 is 2.24 bits per heavy atom. The van der Waals surface area contributed by atoms with E-state index >= 15 is 0 Å². The summed E-state index contributed by atoms with van der Waals surface area (Å²) in [4.78, 5) is 18.7. The maximum absolute atomic E-state index is 13.6. The van der Waals surface area contributed by atoms with E-state index in [1.165, 1.54) is 24.6 Å². The van der Waals surface area contributed by atoms with Crippen molar-refractivity contribution in [3.05, 3.63) is 71.2 Å². The van der Waals surface area contributed by atoms with Gasteiger partial charge in [0.1, 0.15) is 0 Å². The van der Waals surface area contributed by atoms with Gasteiger partial charge in [0.25, 0.3) is 0 Å². The van der Waals surface area contributed by atoms with Gasteiger partial charge in [0.15, 0.2) is 11.5 Å². The smallest absolute Gasteiger partial charge is 0.424 e. The summed E-state index contributed by atoms with van der Waals surface area (Å²) < 4.78 is 51.8. The summed E-state index contributed by atoms with van der Waals surface area (Å²) in [7, 11) is 1.68. The maximum Gasteiger partial charge on any atom is 0.424 e. The molecule has 2 aromatic heterocycles. The van der Waals surface area contributed by atoms with E-state index in [9.17, 15) is 23.1 Å². The van der Waals surface area contributed by atoms with E-state index in [1.54, 1.807) is 46.1 Å². The predicted molar refractivity (Wildman–Crippen MR) is 156 cm³/mol. The minimum Gasteiger partial charge on any atom is -0.493 e. The normalized spacial score (nSPS) is 14.3. The number of hydrogen-bond donors (Lipinski definition) is 3. The summed E-state index contributed by atoms with van der Waals surface area (Å²) >= 11 is 0. The van der Waals surface area contributed by atoms with Crippen LogP contribution in [0.4, 0.5) is 13.2 Å². The van der Waals surface area contributed by atoms with Gasteiger partial charge in [0.2, 0.25) is 12.0 Å². The number of benzene rings is 1. The predicted octanol–water partition coefficient (Wildman–Crippen LogP) is 5.71. The lowest BCUT2D eigenvalue weighted by atomic mass is 9.89. The molecule has 3 aromatic rings. The van der Waals surface area contributed by atoms with Crippen molar-refractivity contribution in [3.63, 3.8) is 0 Å². The van der Waals surface area contributed by atoms with Crippen LogP contribution in [0.2, 0.25) is 0 Å². The van der Waals surface area contributed by atoms with Crippen LogP contribution in [0.15, 0.2) is 48.7 Å². The molecule has 0 aliphatic heterocycles. The Morgan fingerprint density at radius 2 is 1.74 bits per heavy atom. The molecular weight excluding hydrogens is 549 g/mol. The van der Waals surface area contributed by atoms with Gasteiger partial charge >= 0.3 is 6.18 Å². The highest BCUT2D eigenvalue weighted by Gasteiger charge is 2.56. The molecule has 11 heteroatoms. The van der Waals surface area contributed by atoms with Gasteiger partial charge in [-0.2, -0.15) is 13.2 Å². The number of halogens is 3. The molecule has 1 aromatic carbocycles. The highest BCUT2D eigenvalue weighted by atomic mass is 19.4. The molecule has 1 fully saturated rings. The fourth-order valence-corrected chi connectivity index (χ4v) is 3.64. The van der Waals surface area contributed by atoms with E-state index in [4.69, 9.17) is 15.2 Å². The van der Waals surface area contributed by atoms with Crippen molar-refractivity contribution < 1.29 is 32.5 Å². The number of aryl methyl sites for hydroxylation is 2. The Balaban J connectivity index is 0.000000340. The Hall–Kier alpha value is -3.70. The highest BCUT2D eigenvalue weighted by Crippen LogP contribution is 2.40. The van der Waals surface area contributed by atoms with Crippen molar-refractivity contribution in [1.29, 1.82) is 0 Å². The molecule has 2 heterocycles. The molecular formula is C31H41F3N4O4. The number of carbonyl (C=O) groups is 1. The first-order valence-corrected chi connectivity index (χ1v) is 13.7. The van der Waals surface area contributed by atoms with Crippen LogP contribution in [0.5, 0.6) is 11.5 Å². The Labute approximate surface area is 245 Å². The molecule has 4 rings (SSSR count). The van der Waals surface area contributed by atoms with E-state index in [2.05, 4.69) is 9.97 Å². The second-order valence-corrected chi connectivity index (χ2v) is 10.4. The fourth-order valence-electron chi connectivity index (χ4n) is 3.64. The molecule has 1 aliphatic carbocycles. The lowest BCUT2D eigenvalue weighted by Gasteiger charge is -2.31. The number of amides is 1. The number of alkyl halides is 3. The number of nitrogens with one attached hydrogen (secondary N) is 1. The number of carbonyl (C=O) groups excluding carboxylic acids is 1. The van der Waals surface area contributed by atoms with Crippen LogP contribution in [-0.2, 0) is 15.9 Å². The summed E-state index contributed by atoms with van der Waals surface area (Å²) in [6.45, 7) is 9.99. The first-order chi connectivity index (χ1) is 19.7. The number of ether oxygens (including phenoxy) is 2. The van der Waals surface area contributed by atoms with Gasteiger partial charge in [-0.25, -0.2) is 4.98 Å². The van der Waals surface area contributed by atoms with Crippen molar-refractivity contribution >= 4 is 6.41 Å². The number of rotatable bonds is 9. The third-order valence-corrected chi connectivity index (χ3v) is 6.25. The van der Waals surface area contributed by atoms with Gasteiger partial charge in [-0.05, 0) is 88.1 Å². The average Bonchev–Trinajstić information content (AvgIpc) is 3.77. The number of aliphatic hydroxyl groups is 1. The zero-order valence-corrected chi connectivity index (χ0v) is 25.2. The quantitative estimate of drug-likeness (QED) is 0.273. The van der Waals surface area contributed by atoms with Crippen LogP contribution in [0.25, 0.3) is 11.3 Å². The molecule has 0 bridgehead atoms. The Kier molecular flexibility index (Phi) is 11.9. The van der Waals surface area contributed by atoms with Gasteiger partial charge in [0, 0.05) is 23.0 Å². The molecule has 1 amide bonds. The van der Waals surface area contributed by atoms with E-state index in [0.29, 0.717) is 17.2 Å². The summed E-state index contributed by atoms with van der Waals surface area (Å²) in [5, 5.41) is 12.3. The monoisotopic (exact) mass is 590 g/mol. The van der Waals surface area contributed by atoms with Crippen LogP contribution in [-0.4, -0.2) is 47.4 Å². The SMILES string of the molecule is CC.COc1cc(C)ccc1OC1CC1.Cc1ccc(-c2cc(C(C)(C)N)cc(C(O)(CNC=O)C(F)(F)F)n2)cn1. The Bertz CT molecular complexity index is 1310. The van der Waals surface area contributed by atoms with E-state index in [1.807, 2.05) is 44.3 Å². The number of pyridine rings is 2. The minimum atomic E-state index is -5.07. The van der Waals surface area contributed by atoms with Gasteiger partial charge in [-0.3, -0.25) is 9.78 Å². The van der Waals surface area contributed by atoms with Crippen molar-refractivity contribution in [3.8, 4) is 22.8 Å². The number of aromatic nitrogens is 2. The summed E-state index contributed by atoms with van der Waals surface area (Å²) in [5.41, 5.74) is 3.98. The molecule has 1 unspecified atom stereocenters. The van der Waals surface area contributed by atoms with Gasteiger partial charge in [-0.15, -0.1) is 0 Å². The highest BCUT2D eigenvalue weighted by molar-refractivity contribution is 5.60. The van der Waals surface area contributed by atoms with Crippen LogP contribution in [0.3, 0.4) is 0 Å². The second kappa shape index (κ2) is 14.5.